The molecule has 1 fully saturated rings. The fourth-order valence-corrected chi connectivity index (χ4v) is 4.15. The predicted octanol–water partition coefficient (Wildman–Crippen LogP) is 5.49. The van der Waals surface area contributed by atoms with E-state index in [1.54, 1.807) is 0 Å². The maximum atomic E-state index is 13.3. The molecule has 0 bridgehead atoms. The fraction of sp³-hybridized carbons (Fsp3) is 0.192. The Morgan fingerprint density at radius 2 is 1.70 bits per heavy atom. The molecular weight excluding hydrogens is 373 g/mol. The predicted molar refractivity (Wildman–Crippen MR) is 119 cm³/mol. The van der Waals surface area contributed by atoms with Crippen molar-refractivity contribution in [1.82, 2.24) is 9.97 Å². The molecule has 3 heterocycles. The smallest absolute Gasteiger partial charge is 0.142 e. The number of fused-ring (bicyclic) bond motifs is 1. The minimum absolute atomic E-state index is 0.343. The summed E-state index contributed by atoms with van der Waals surface area (Å²) >= 11 is 0. The quantitative estimate of drug-likeness (QED) is 0.456. The average molecular weight is 395 g/mol. The molecule has 0 aliphatic carbocycles. The van der Waals surface area contributed by atoms with E-state index in [0.717, 1.165) is 29.7 Å². The summed E-state index contributed by atoms with van der Waals surface area (Å²) in [5, 5.41) is 0.730. The van der Waals surface area contributed by atoms with Gasteiger partial charge in [0, 0.05) is 29.7 Å². The number of halogens is 1. The number of H-pyrrole nitrogens is 1. The number of piperidine rings is 1. The number of pyridine rings is 1. The SMILES string of the molecule is Fc1cnc2[nH]c(C#Cc3ccc(N4CCC(c5ccccc5)CC4)cc3)cc2c1. The number of nitrogens with zero attached hydrogens (tertiary/aromatic N) is 2. The van der Waals surface area contributed by atoms with Gasteiger partial charge in [0.25, 0.3) is 0 Å². The molecule has 148 valence electrons. The highest BCUT2D eigenvalue weighted by Gasteiger charge is 2.20. The van der Waals surface area contributed by atoms with Gasteiger partial charge in [-0.15, -0.1) is 0 Å². The summed E-state index contributed by atoms with van der Waals surface area (Å²) in [7, 11) is 0. The van der Waals surface area contributed by atoms with Crippen LogP contribution in [0.4, 0.5) is 10.1 Å². The number of anilines is 1. The molecule has 0 saturated carbocycles. The van der Waals surface area contributed by atoms with E-state index in [2.05, 4.69) is 81.3 Å². The van der Waals surface area contributed by atoms with E-state index in [-0.39, 0.29) is 5.82 Å². The van der Waals surface area contributed by atoms with Crippen LogP contribution in [0.15, 0.2) is 72.9 Å². The molecule has 0 radical (unpaired) electrons. The third kappa shape index (κ3) is 3.92. The van der Waals surface area contributed by atoms with Crippen molar-refractivity contribution >= 4 is 16.7 Å². The molecule has 4 aromatic rings. The average Bonchev–Trinajstić information content (AvgIpc) is 3.21. The number of hydrogen-bond donors (Lipinski definition) is 1. The molecule has 5 rings (SSSR count). The minimum atomic E-state index is -0.343. The summed E-state index contributed by atoms with van der Waals surface area (Å²) in [6.45, 7) is 2.15. The lowest BCUT2D eigenvalue weighted by Crippen LogP contribution is -2.32. The van der Waals surface area contributed by atoms with Gasteiger partial charge in [-0.2, -0.15) is 0 Å². The Hall–Kier alpha value is -3.58. The lowest BCUT2D eigenvalue weighted by Gasteiger charge is -2.34. The van der Waals surface area contributed by atoms with Crippen LogP contribution in [0.1, 0.15) is 35.6 Å². The van der Waals surface area contributed by atoms with Crippen molar-refractivity contribution in [1.29, 1.82) is 0 Å². The number of nitrogens with one attached hydrogen (secondary N) is 1. The van der Waals surface area contributed by atoms with Gasteiger partial charge in [0.15, 0.2) is 0 Å². The van der Waals surface area contributed by atoms with Crippen molar-refractivity contribution < 1.29 is 4.39 Å². The molecule has 1 aliphatic rings. The Balaban J connectivity index is 1.24. The zero-order valence-corrected chi connectivity index (χ0v) is 16.6. The second-order valence-electron chi connectivity index (χ2n) is 7.74. The van der Waals surface area contributed by atoms with E-state index < -0.39 is 0 Å². The van der Waals surface area contributed by atoms with Crippen molar-refractivity contribution in [3.8, 4) is 11.8 Å². The van der Waals surface area contributed by atoms with Crippen LogP contribution < -0.4 is 4.90 Å². The van der Waals surface area contributed by atoms with Gasteiger partial charge in [-0.25, -0.2) is 9.37 Å². The molecule has 0 unspecified atom stereocenters. The lowest BCUT2D eigenvalue weighted by atomic mass is 9.89. The first kappa shape index (κ1) is 18.4. The fourth-order valence-electron chi connectivity index (χ4n) is 4.15. The summed E-state index contributed by atoms with van der Waals surface area (Å²) in [5.74, 6) is 6.60. The number of benzene rings is 2. The first-order valence-electron chi connectivity index (χ1n) is 10.3. The molecular formula is C26H22FN3. The summed E-state index contributed by atoms with van der Waals surface area (Å²) < 4.78 is 13.3. The van der Waals surface area contributed by atoms with Crippen LogP contribution in [0.3, 0.4) is 0 Å². The van der Waals surface area contributed by atoms with Crippen molar-refractivity contribution in [3.05, 3.63) is 95.6 Å². The van der Waals surface area contributed by atoms with E-state index in [4.69, 9.17) is 0 Å². The van der Waals surface area contributed by atoms with Gasteiger partial charge in [-0.05, 0) is 66.6 Å². The maximum absolute atomic E-state index is 13.3. The van der Waals surface area contributed by atoms with Gasteiger partial charge < -0.3 is 9.88 Å². The minimum Gasteiger partial charge on any atom is -0.371 e. The zero-order chi connectivity index (χ0) is 20.3. The summed E-state index contributed by atoms with van der Waals surface area (Å²) in [4.78, 5) is 9.61. The Bertz CT molecular complexity index is 1210. The standard InChI is InChI=1S/C26H22FN3/c27-23-16-22-17-24(29-26(22)28-18-23)9-6-19-7-10-25(11-8-19)30-14-12-21(13-15-30)20-4-2-1-3-5-20/h1-5,7-8,10-11,16-18,21H,12-15H2,(H,28,29). The van der Waals surface area contributed by atoms with E-state index in [0.29, 0.717) is 11.6 Å². The molecule has 0 amide bonds. The number of hydrogen-bond acceptors (Lipinski definition) is 2. The molecule has 1 aliphatic heterocycles. The van der Waals surface area contributed by atoms with Crippen LogP contribution in [0.25, 0.3) is 11.0 Å². The number of rotatable bonds is 2. The van der Waals surface area contributed by atoms with Crippen LogP contribution in [0.2, 0.25) is 0 Å². The first-order valence-corrected chi connectivity index (χ1v) is 10.3. The van der Waals surface area contributed by atoms with Crippen molar-refractivity contribution in [3.63, 3.8) is 0 Å². The molecule has 1 N–H and O–H groups in total. The van der Waals surface area contributed by atoms with E-state index in [1.807, 2.05) is 6.07 Å². The van der Waals surface area contributed by atoms with E-state index in [9.17, 15) is 4.39 Å². The van der Waals surface area contributed by atoms with Crippen molar-refractivity contribution in [2.75, 3.05) is 18.0 Å². The monoisotopic (exact) mass is 395 g/mol. The molecule has 0 spiro atoms. The Labute approximate surface area is 175 Å². The third-order valence-electron chi connectivity index (χ3n) is 5.78. The normalized spacial score (nSPS) is 14.5. The zero-order valence-electron chi connectivity index (χ0n) is 16.6. The van der Waals surface area contributed by atoms with Gasteiger partial charge >= 0.3 is 0 Å². The van der Waals surface area contributed by atoms with Crippen LogP contribution in [-0.2, 0) is 0 Å². The van der Waals surface area contributed by atoms with E-state index >= 15 is 0 Å². The van der Waals surface area contributed by atoms with Crippen LogP contribution in [0, 0.1) is 17.7 Å². The van der Waals surface area contributed by atoms with Gasteiger partial charge in [-0.3, -0.25) is 0 Å². The summed E-state index contributed by atoms with van der Waals surface area (Å²) in [5.41, 5.74) is 5.04. The highest BCUT2D eigenvalue weighted by Crippen LogP contribution is 2.30. The van der Waals surface area contributed by atoms with Gasteiger partial charge in [0.1, 0.15) is 11.5 Å². The van der Waals surface area contributed by atoms with Crippen LogP contribution >= 0.6 is 0 Å². The maximum Gasteiger partial charge on any atom is 0.142 e. The Kier molecular flexibility index (Phi) is 4.94. The van der Waals surface area contributed by atoms with E-state index in [1.165, 1.54) is 36.4 Å². The molecule has 1 saturated heterocycles. The summed E-state index contributed by atoms with van der Waals surface area (Å²) in [6.07, 6.45) is 3.57. The highest BCUT2D eigenvalue weighted by atomic mass is 19.1. The van der Waals surface area contributed by atoms with Crippen LogP contribution in [0.5, 0.6) is 0 Å². The lowest BCUT2D eigenvalue weighted by molar-refractivity contribution is 0.505. The van der Waals surface area contributed by atoms with Crippen LogP contribution in [-0.4, -0.2) is 23.1 Å². The molecule has 30 heavy (non-hydrogen) atoms. The summed E-state index contributed by atoms with van der Waals surface area (Å²) in [6, 6.07) is 22.5. The van der Waals surface area contributed by atoms with Gasteiger partial charge in [0.05, 0.1) is 11.9 Å². The number of aromatic nitrogens is 2. The second kappa shape index (κ2) is 8.04. The Morgan fingerprint density at radius 1 is 0.933 bits per heavy atom. The molecule has 2 aromatic heterocycles. The molecule has 4 heteroatoms. The van der Waals surface area contributed by atoms with Gasteiger partial charge in [-0.1, -0.05) is 36.3 Å². The second-order valence-corrected chi connectivity index (χ2v) is 7.74. The topological polar surface area (TPSA) is 31.9 Å². The largest absolute Gasteiger partial charge is 0.371 e. The van der Waals surface area contributed by atoms with Gasteiger partial charge in [0.2, 0.25) is 0 Å². The molecule has 3 nitrogen and oxygen atoms in total. The third-order valence-corrected chi connectivity index (χ3v) is 5.78. The van der Waals surface area contributed by atoms with Crippen molar-refractivity contribution in [2.24, 2.45) is 0 Å². The molecule has 0 atom stereocenters. The Morgan fingerprint density at radius 3 is 2.47 bits per heavy atom. The highest BCUT2D eigenvalue weighted by molar-refractivity contribution is 5.77. The molecule has 2 aromatic carbocycles. The van der Waals surface area contributed by atoms with Crippen molar-refractivity contribution in [2.45, 2.75) is 18.8 Å². The number of aromatic amines is 1. The first-order chi connectivity index (χ1) is 14.7.